The topological polar surface area (TPSA) is 111 Å². The molecule has 1 fully saturated rings. The summed E-state index contributed by atoms with van der Waals surface area (Å²) in [5, 5.41) is 10.7. The third-order valence-corrected chi connectivity index (χ3v) is 4.71. The average molecular weight is 365 g/mol. The zero-order valence-electron chi connectivity index (χ0n) is 14.7. The minimum atomic E-state index is -0.0732. The normalized spacial score (nSPS) is 18.6. The summed E-state index contributed by atoms with van der Waals surface area (Å²) in [6, 6.07) is 3.83. The van der Waals surface area contributed by atoms with E-state index in [1.807, 2.05) is 12.1 Å². The van der Waals surface area contributed by atoms with Crippen LogP contribution in [-0.4, -0.2) is 31.7 Å². The van der Waals surface area contributed by atoms with E-state index in [1.54, 1.807) is 12.4 Å². The summed E-state index contributed by atoms with van der Waals surface area (Å²) < 4.78 is 10.9. The molecule has 2 N–H and O–H groups in total. The molecule has 1 unspecified atom stereocenters. The van der Waals surface area contributed by atoms with Crippen molar-refractivity contribution in [1.82, 2.24) is 30.4 Å². The summed E-state index contributed by atoms with van der Waals surface area (Å²) in [5.41, 5.74) is 2.96. The molecule has 0 spiro atoms. The van der Waals surface area contributed by atoms with Crippen LogP contribution in [0.1, 0.15) is 41.9 Å². The van der Waals surface area contributed by atoms with E-state index >= 15 is 0 Å². The Labute approximate surface area is 155 Å². The lowest BCUT2D eigenvalue weighted by Crippen LogP contribution is -2.09. The van der Waals surface area contributed by atoms with Crippen molar-refractivity contribution in [2.75, 3.05) is 11.9 Å². The second kappa shape index (κ2) is 7.01. The average Bonchev–Trinajstić information content (AvgIpc) is 3.47. The highest BCUT2D eigenvalue weighted by Crippen LogP contribution is 2.28. The molecule has 5 rings (SSSR count). The largest absolute Gasteiger partial charge is 0.368 e. The lowest BCUT2D eigenvalue weighted by molar-refractivity contribution is 0.0835. The molecular formula is C18H19N7O2. The van der Waals surface area contributed by atoms with Crippen molar-refractivity contribution in [1.29, 1.82) is 0 Å². The number of ether oxygens (including phenoxy) is 1. The summed E-state index contributed by atoms with van der Waals surface area (Å²) in [6.45, 7) is 2.63. The highest BCUT2D eigenvalue weighted by molar-refractivity contribution is 5.59. The van der Waals surface area contributed by atoms with Gasteiger partial charge in [-0.25, -0.2) is 9.97 Å². The molecule has 0 saturated carbocycles. The first-order valence-electron chi connectivity index (χ1n) is 9.05. The molecule has 0 radical (unpaired) electrons. The van der Waals surface area contributed by atoms with E-state index in [2.05, 4.69) is 30.7 Å². The van der Waals surface area contributed by atoms with Gasteiger partial charge < -0.3 is 19.9 Å². The van der Waals surface area contributed by atoms with Crippen molar-refractivity contribution in [3.63, 3.8) is 0 Å². The smallest absolute Gasteiger partial charge is 0.255 e. The second-order valence-corrected chi connectivity index (χ2v) is 6.57. The molecular weight excluding hydrogens is 346 g/mol. The quantitative estimate of drug-likeness (QED) is 0.701. The van der Waals surface area contributed by atoms with Crippen molar-refractivity contribution >= 4 is 5.82 Å². The molecule has 27 heavy (non-hydrogen) atoms. The van der Waals surface area contributed by atoms with Gasteiger partial charge in [0.2, 0.25) is 0 Å². The summed E-state index contributed by atoms with van der Waals surface area (Å²) in [4.78, 5) is 18.0. The van der Waals surface area contributed by atoms with Crippen LogP contribution in [0.5, 0.6) is 0 Å². The van der Waals surface area contributed by atoms with Crippen LogP contribution < -0.4 is 10.6 Å². The number of hydrogen-bond donors (Lipinski definition) is 2. The first kappa shape index (κ1) is 16.3. The second-order valence-electron chi connectivity index (χ2n) is 6.57. The number of nitrogens with one attached hydrogen (secondary N) is 2. The standard InChI is InChI=1S/C18H19N7O2/c1-3-11(7-19-5-1)16-22-13-9-20-8-12(13)17(24-16)21-10-15-23-18(27-25-15)14-4-2-6-26-14/h1,3,5,7,14,20H,2,4,6,8-10H2,(H,21,22,24). The summed E-state index contributed by atoms with van der Waals surface area (Å²) in [7, 11) is 0. The van der Waals surface area contributed by atoms with Crippen molar-refractivity contribution in [3.8, 4) is 11.4 Å². The first-order valence-corrected chi connectivity index (χ1v) is 9.05. The fourth-order valence-electron chi connectivity index (χ4n) is 3.34. The van der Waals surface area contributed by atoms with Crippen LogP contribution in [0.3, 0.4) is 0 Å². The molecule has 9 heteroatoms. The minimum absolute atomic E-state index is 0.0732. The highest BCUT2D eigenvalue weighted by Gasteiger charge is 2.24. The van der Waals surface area contributed by atoms with Crippen molar-refractivity contribution < 1.29 is 9.26 Å². The first-order chi connectivity index (χ1) is 13.4. The molecule has 1 atom stereocenters. The van der Waals surface area contributed by atoms with Crippen LogP contribution in [-0.2, 0) is 24.4 Å². The third kappa shape index (κ3) is 3.26. The van der Waals surface area contributed by atoms with E-state index in [0.717, 1.165) is 55.2 Å². The van der Waals surface area contributed by atoms with Crippen LogP contribution >= 0.6 is 0 Å². The molecule has 3 aromatic rings. The lowest BCUT2D eigenvalue weighted by Gasteiger charge is -2.10. The lowest BCUT2D eigenvalue weighted by atomic mass is 10.2. The number of anilines is 1. The number of nitrogens with zero attached hydrogens (tertiary/aromatic N) is 5. The number of fused-ring (bicyclic) bond motifs is 1. The summed E-state index contributed by atoms with van der Waals surface area (Å²) in [5.74, 6) is 2.57. The molecule has 0 aromatic carbocycles. The fourth-order valence-corrected chi connectivity index (χ4v) is 3.34. The Morgan fingerprint density at radius 1 is 1.22 bits per heavy atom. The van der Waals surface area contributed by atoms with Crippen LogP contribution in [0, 0.1) is 0 Å². The number of hydrogen-bond acceptors (Lipinski definition) is 9. The van der Waals surface area contributed by atoms with Crippen molar-refractivity contribution in [2.24, 2.45) is 0 Å². The van der Waals surface area contributed by atoms with E-state index in [-0.39, 0.29) is 6.10 Å². The zero-order valence-corrected chi connectivity index (χ0v) is 14.7. The van der Waals surface area contributed by atoms with E-state index in [9.17, 15) is 0 Å². The van der Waals surface area contributed by atoms with Gasteiger partial charge in [-0.1, -0.05) is 5.16 Å². The predicted molar refractivity (Wildman–Crippen MR) is 95.4 cm³/mol. The van der Waals surface area contributed by atoms with Crippen molar-refractivity contribution in [3.05, 3.63) is 47.5 Å². The fraction of sp³-hybridized carbons (Fsp3) is 0.389. The van der Waals surface area contributed by atoms with E-state index < -0.39 is 0 Å². The zero-order chi connectivity index (χ0) is 18.1. The third-order valence-electron chi connectivity index (χ3n) is 4.71. The highest BCUT2D eigenvalue weighted by atomic mass is 16.5. The number of rotatable bonds is 5. The van der Waals surface area contributed by atoms with Gasteiger partial charge in [-0.05, 0) is 25.0 Å². The summed E-state index contributed by atoms with van der Waals surface area (Å²) in [6.07, 6.45) is 5.38. The Kier molecular flexibility index (Phi) is 4.23. The molecule has 0 bridgehead atoms. The molecule has 1 saturated heterocycles. The molecule has 5 heterocycles. The molecule has 9 nitrogen and oxygen atoms in total. The van der Waals surface area contributed by atoms with Gasteiger partial charge in [0, 0.05) is 43.2 Å². The van der Waals surface area contributed by atoms with Crippen molar-refractivity contribution in [2.45, 2.75) is 38.6 Å². The number of aromatic nitrogens is 5. The predicted octanol–water partition coefficient (Wildman–Crippen LogP) is 1.99. The number of pyridine rings is 1. The monoisotopic (exact) mass is 365 g/mol. The van der Waals surface area contributed by atoms with Gasteiger partial charge in [0.05, 0.1) is 12.2 Å². The Morgan fingerprint density at radius 3 is 3.07 bits per heavy atom. The minimum Gasteiger partial charge on any atom is -0.368 e. The van der Waals surface area contributed by atoms with Gasteiger partial charge in [0.25, 0.3) is 5.89 Å². The van der Waals surface area contributed by atoms with Crippen LogP contribution in [0.15, 0.2) is 29.0 Å². The molecule has 3 aromatic heterocycles. The molecule has 0 amide bonds. The van der Waals surface area contributed by atoms with Crippen LogP contribution in [0.25, 0.3) is 11.4 Å². The van der Waals surface area contributed by atoms with Gasteiger partial charge in [-0.15, -0.1) is 0 Å². The van der Waals surface area contributed by atoms with Crippen LogP contribution in [0.4, 0.5) is 5.82 Å². The maximum atomic E-state index is 5.59. The van der Waals surface area contributed by atoms with Gasteiger partial charge in [0.15, 0.2) is 11.6 Å². The Bertz CT molecular complexity index is 938. The maximum Gasteiger partial charge on any atom is 0.255 e. The molecule has 138 valence electrons. The van der Waals surface area contributed by atoms with Gasteiger partial charge >= 0.3 is 0 Å². The van der Waals surface area contributed by atoms with Gasteiger partial charge in [-0.2, -0.15) is 4.98 Å². The molecule has 0 aliphatic carbocycles. The van der Waals surface area contributed by atoms with Gasteiger partial charge in [-0.3, -0.25) is 4.98 Å². The van der Waals surface area contributed by atoms with E-state index in [0.29, 0.717) is 24.1 Å². The van der Waals surface area contributed by atoms with E-state index in [4.69, 9.17) is 14.2 Å². The molecule has 2 aliphatic heterocycles. The maximum absolute atomic E-state index is 5.59. The van der Waals surface area contributed by atoms with Gasteiger partial charge in [0.1, 0.15) is 11.9 Å². The summed E-state index contributed by atoms with van der Waals surface area (Å²) >= 11 is 0. The van der Waals surface area contributed by atoms with Crippen LogP contribution in [0.2, 0.25) is 0 Å². The Morgan fingerprint density at radius 2 is 2.22 bits per heavy atom. The SMILES string of the molecule is c1cncc(-c2nc3c(c(NCc4noc(C5CCCO5)n4)n2)CNC3)c1. The Balaban J connectivity index is 1.37. The van der Waals surface area contributed by atoms with E-state index in [1.165, 1.54) is 0 Å². The Hall–Kier alpha value is -2.91. The molecule has 2 aliphatic rings.